The molecule has 0 spiro atoms. The third-order valence-electron chi connectivity index (χ3n) is 11.7. The van der Waals surface area contributed by atoms with E-state index in [0.29, 0.717) is 50.1 Å². The molecule has 3 aromatic carbocycles. The predicted molar refractivity (Wildman–Crippen MR) is 249 cm³/mol. The van der Waals surface area contributed by atoms with E-state index < -0.39 is 36.4 Å². The van der Waals surface area contributed by atoms with Crippen LogP contribution in [0.5, 0.6) is 0 Å². The van der Waals surface area contributed by atoms with E-state index in [-0.39, 0.29) is 49.4 Å². The van der Waals surface area contributed by atoms with Gasteiger partial charge in [-0.25, -0.2) is 14.0 Å². The number of hydrogen-bond acceptors (Lipinski definition) is 9. The molecule has 8 atom stereocenters. The van der Waals surface area contributed by atoms with E-state index in [1.54, 1.807) is 12.1 Å². The van der Waals surface area contributed by atoms with Crippen LogP contribution in [0.2, 0.25) is 0 Å². The first-order valence-electron chi connectivity index (χ1n) is 20.6. The van der Waals surface area contributed by atoms with Gasteiger partial charge in [-0.3, -0.25) is 19.2 Å². The maximum Gasteiger partial charge on any atom is 0.407 e. The Bertz CT molecular complexity index is 1970. The number of amides is 6. The molecule has 15 nitrogen and oxygen atoms in total. The van der Waals surface area contributed by atoms with Crippen molar-refractivity contribution in [1.29, 1.82) is 0 Å². The van der Waals surface area contributed by atoms with E-state index in [4.69, 9.17) is 9.47 Å². The number of likely N-dealkylation sites (tertiary alicyclic amines) is 2. The van der Waals surface area contributed by atoms with E-state index in [1.165, 1.54) is 36.2 Å². The van der Waals surface area contributed by atoms with Crippen molar-refractivity contribution in [2.45, 2.75) is 96.5 Å². The topological polar surface area (TPSA) is 179 Å². The number of carbonyl (C=O) groups is 6. The largest absolute Gasteiger partial charge is 0.453 e. The molecule has 6 amide bonds. The summed E-state index contributed by atoms with van der Waals surface area (Å²) in [6, 6.07) is 18.4. The molecule has 3 aliphatic rings. The first kappa shape index (κ1) is 46.8. The average Bonchev–Trinajstić information content (AvgIpc) is 4.06. The van der Waals surface area contributed by atoms with Crippen molar-refractivity contribution in [2.24, 2.45) is 0 Å². The van der Waals surface area contributed by atoms with Crippen LogP contribution in [0.3, 0.4) is 0 Å². The number of carbonyl (C=O) groups excluding carboxylic acids is 6. The molecular formula is C44H52FI2N7O8. The number of nitrogens with one attached hydrogen (secondary N) is 4. The quantitative estimate of drug-likeness (QED) is 0.105. The molecule has 3 aromatic rings. The summed E-state index contributed by atoms with van der Waals surface area (Å²) < 4.78 is 23.1. The number of nitrogens with zero attached hydrogens (tertiary/aromatic N) is 3. The van der Waals surface area contributed by atoms with Crippen LogP contribution in [0.4, 0.5) is 31.0 Å². The molecule has 0 aromatic heterocycles. The lowest BCUT2D eigenvalue weighted by Gasteiger charge is -2.33. The SMILES string of the molecule is COC(=O)N[C@H](C(=O)N1CCC[C@H]1C(=O)Nc1ccc([C@H]2CC[C@H](c3ccc(NC(=O)[C@@H]4CCCN4C(=O)[C@@H](NC(=O)OC)[C@@H](C)I)cc3)N2c2ccc(F)cc2)cc1)[C@@H](C)I. The highest BCUT2D eigenvalue weighted by Crippen LogP contribution is 2.47. The maximum atomic E-state index is 14.2. The third-order valence-corrected chi connectivity index (χ3v) is 13.1. The van der Waals surface area contributed by atoms with Gasteiger partial charge in [0.2, 0.25) is 23.6 Å². The molecule has 3 heterocycles. The van der Waals surface area contributed by atoms with Crippen LogP contribution in [-0.2, 0) is 28.7 Å². The summed E-state index contributed by atoms with van der Waals surface area (Å²) in [4.78, 5) is 83.4. The Labute approximate surface area is 387 Å². The van der Waals surface area contributed by atoms with Crippen LogP contribution < -0.4 is 26.2 Å². The minimum absolute atomic E-state index is 0.0827. The van der Waals surface area contributed by atoms with Crippen LogP contribution in [-0.4, -0.2) is 105 Å². The number of alkyl halides is 2. The van der Waals surface area contributed by atoms with Crippen molar-refractivity contribution in [1.82, 2.24) is 20.4 Å². The predicted octanol–water partition coefficient (Wildman–Crippen LogP) is 6.86. The number of ether oxygens (including phenoxy) is 2. The Kier molecular flexibility index (Phi) is 15.9. The standard InChI is InChI=1S/C44H52FI2N7O8/c1-25(46)37(50-43(59)61-3)41(57)52-23-5-7-35(52)39(55)48-30-15-9-27(10-16-30)33-21-22-34(54(33)32-19-13-29(45)14-20-32)28-11-17-31(18-12-28)49-40(56)36-8-6-24-53(36)42(58)38(26(2)47)51-44(60)62-4/h9-20,25-26,33-38H,5-8,21-24H2,1-4H3,(H,48,55)(H,49,56)(H,50,59)(H,51,60)/t25-,26-,33-,34-,35+,36+,37+,38+/m1/s1. The second-order valence-electron chi connectivity index (χ2n) is 15.7. The smallest absolute Gasteiger partial charge is 0.407 e. The zero-order valence-electron chi connectivity index (χ0n) is 34.9. The van der Waals surface area contributed by atoms with E-state index in [2.05, 4.69) is 71.3 Å². The summed E-state index contributed by atoms with van der Waals surface area (Å²) in [6.45, 7) is 4.42. The van der Waals surface area contributed by atoms with Gasteiger partial charge in [0.25, 0.3) is 0 Å². The fourth-order valence-electron chi connectivity index (χ4n) is 8.55. The van der Waals surface area contributed by atoms with Gasteiger partial charge in [0.15, 0.2) is 0 Å². The lowest BCUT2D eigenvalue weighted by atomic mass is 10.0. The number of rotatable bonds is 13. The second kappa shape index (κ2) is 21.1. The lowest BCUT2D eigenvalue weighted by molar-refractivity contribution is -0.138. The third kappa shape index (κ3) is 10.9. The first-order valence-corrected chi connectivity index (χ1v) is 23.1. The molecule has 0 bridgehead atoms. The molecular weight excluding hydrogens is 1030 g/mol. The van der Waals surface area contributed by atoms with Crippen molar-refractivity contribution in [2.75, 3.05) is 42.8 Å². The van der Waals surface area contributed by atoms with E-state index in [1.807, 2.05) is 62.4 Å². The number of halogens is 3. The Morgan fingerprint density at radius 3 is 1.35 bits per heavy atom. The summed E-state index contributed by atoms with van der Waals surface area (Å²) in [6.07, 6.45) is 2.45. The van der Waals surface area contributed by atoms with Gasteiger partial charge in [0.05, 0.1) is 26.3 Å². The molecule has 0 saturated carbocycles. The minimum Gasteiger partial charge on any atom is -0.453 e. The number of benzene rings is 3. The molecule has 4 N–H and O–H groups in total. The molecule has 18 heteroatoms. The van der Waals surface area contributed by atoms with Gasteiger partial charge in [-0.2, -0.15) is 0 Å². The summed E-state index contributed by atoms with van der Waals surface area (Å²) >= 11 is 4.15. The number of methoxy groups -OCH3 is 2. The zero-order chi connectivity index (χ0) is 44.7. The first-order chi connectivity index (χ1) is 29.7. The molecule has 3 aliphatic heterocycles. The Morgan fingerprint density at radius 2 is 1.00 bits per heavy atom. The minimum atomic E-state index is -0.844. The van der Waals surface area contributed by atoms with Crippen LogP contribution >= 0.6 is 45.2 Å². The van der Waals surface area contributed by atoms with Gasteiger partial charge < -0.3 is 45.4 Å². The monoisotopic (exact) mass is 1080 g/mol. The number of hydrogen-bond donors (Lipinski definition) is 4. The second-order valence-corrected chi connectivity index (χ2v) is 19.6. The van der Waals surface area contributed by atoms with Crippen LogP contribution in [0.1, 0.15) is 75.6 Å². The number of alkyl carbamates (subject to hydrolysis) is 2. The van der Waals surface area contributed by atoms with E-state index in [0.717, 1.165) is 29.7 Å². The average molecular weight is 1080 g/mol. The van der Waals surface area contributed by atoms with Crippen LogP contribution in [0.25, 0.3) is 0 Å². The van der Waals surface area contributed by atoms with Gasteiger partial charge in [-0.1, -0.05) is 83.3 Å². The van der Waals surface area contributed by atoms with E-state index >= 15 is 0 Å². The highest BCUT2D eigenvalue weighted by molar-refractivity contribution is 14.1. The normalized spacial score (nSPS) is 21.6. The van der Waals surface area contributed by atoms with Crippen molar-refractivity contribution in [3.8, 4) is 0 Å². The maximum absolute atomic E-state index is 14.2. The fourth-order valence-corrected chi connectivity index (χ4v) is 9.52. The van der Waals surface area contributed by atoms with Gasteiger partial charge in [0, 0.05) is 38.0 Å². The van der Waals surface area contributed by atoms with E-state index in [9.17, 15) is 33.2 Å². The fraction of sp³-hybridized carbons (Fsp3) is 0.455. The molecule has 3 fully saturated rings. The highest BCUT2D eigenvalue weighted by Gasteiger charge is 2.41. The van der Waals surface area contributed by atoms with Crippen molar-refractivity contribution in [3.05, 3.63) is 89.7 Å². The van der Waals surface area contributed by atoms with Crippen molar-refractivity contribution >= 4 is 98.1 Å². The summed E-state index contributed by atoms with van der Waals surface area (Å²) in [5.41, 5.74) is 3.99. The molecule has 332 valence electrons. The molecule has 0 unspecified atom stereocenters. The molecule has 6 rings (SSSR count). The Morgan fingerprint density at radius 1 is 0.613 bits per heavy atom. The summed E-state index contributed by atoms with van der Waals surface area (Å²) in [7, 11) is 2.47. The summed E-state index contributed by atoms with van der Waals surface area (Å²) in [5.74, 6) is -1.63. The molecule has 0 aliphatic carbocycles. The Hall–Kier alpha value is -4.73. The molecule has 3 saturated heterocycles. The molecule has 0 radical (unpaired) electrons. The molecule has 62 heavy (non-hydrogen) atoms. The van der Waals surface area contributed by atoms with Gasteiger partial charge in [-0.05, 0) is 98.2 Å². The van der Waals surface area contributed by atoms with Crippen molar-refractivity contribution < 1.29 is 42.6 Å². The van der Waals surface area contributed by atoms with Crippen molar-refractivity contribution in [3.63, 3.8) is 0 Å². The van der Waals surface area contributed by atoms with Gasteiger partial charge >= 0.3 is 12.2 Å². The number of anilines is 3. The summed E-state index contributed by atoms with van der Waals surface area (Å²) in [5, 5.41) is 11.2. The lowest BCUT2D eigenvalue weighted by Crippen LogP contribution is -2.55. The van der Waals surface area contributed by atoms with Crippen LogP contribution in [0, 0.1) is 5.82 Å². The highest BCUT2D eigenvalue weighted by atomic mass is 127. The Balaban J connectivity index is 1.13. The van der Waals surface area contributed by atoms with Gasteiger partial charge in [-0.15, -0.1) is 0 Å². The zero-order valence-corrected chi connectivity index (χ0v) is 39.3. The van der Waals surface area contributed by atoms with Gasteiger partial charge in [0.1, 0.15) is 30.0 Å². The van der Waals surface area contributed by atoms with Crippen LogP contribution in [0.15, 0.2) is 72.8 Å².